The van der Waals surface area contributed by atoms with E-state index in [-0.39, 0.29) is 17.9 Å². The molecule has 0 radical (unpaired) electrons. The summed E-state index contributed by atoms with van der Waals surface area (Å²) in [4.78, 5) is 12.4. The molecular weight excluding hydrogens is 362 g/mol. The van der Waals surface area contributed by atoms with E-state index in [0.717, 1.165) is 16.5 Å². The van der Waals surface area contributed by atoms with E-state index in [1.165, 1.54) is 5.56 Å². The third kappa shape index (κ3) is 3.53. The van der Waals surface area contributed by atoms with E-state index in [1.54, 1.807) is 0 Å². The highest BCUT2D eigenvalue weighted by molar-refractivity contribution is 9.10. The molecule has 1 aliphatic rings. The molecule has 1 amide bonds. The zero-order chi connectivity index (χ0) is 15.7. The van der Waals surface area contributed by atoms with Crippen molar-refractivity contribution < 1.29 is 4.79 Å². The molecule has 4 heteroatoms. The monoisotopic (exact) mass is 377 g/mol. The highest BCUT2D eigenvalue weighted by atomic mass is 79.9. The topological polar surface area (TPSA) is 29.1 Å². The molecule has 0 heterocycles. The minimum absolute atomic E-state index is 0.00376. The van der Waals surface area contributed by atoms with Crippen LogP contribution in [0.15, 0.2) is 53.0 Å². The number of halogens is 2. The van der Waals surface area contributed by atoms with Crippen LogP contribution in [0.5, 0.6) is 0 Å². The molecule has 2 aromatic rings. The van der Waals surface area contributed by atoms with Crippen molar-refractivity contribution in [2.75, 3.05) is 0 Å². The second-order valence-electron chi connectivity index (χ2n) is 5.78. The van der Waals surface area contributed by atoms with Crippen LogP contribution in [0.25, 0.3) is 0 Å². The Morgan fingerprint density at radius 2 is 1.82 bits per heavy atom. The van der Waals surface area contributed by atoms with Gasteiger partial charge >= 0.3 is 0 Å². The van der Waals surface area contributed by atoms with Gasteiger partial charge in [-0.1, -0.05) is 51.8 Å². The summed E-state index contributed by atoms with van der Waals surface area (Å²) in [5, 5.41) is 3.81. The summed E-state index contributed by atoms with van der Waals surface area (Å²) in [6.07, 6.45) is 0.931. The predicted octanol–water partition coefficient (Wildman–Crippen LogP) is 5.08. The third-order valence-corrected chi connectivity index (χ3v) is 4.93. The maximum Gasteiger partial charge on any atom is 0.224 e. The Morgan fingerprint density at radius 3 is 2.45 bits per heavy atom. The first-order valence-electron chi connectivity index (χ1n) is 7.36. The van der Waals surface area contributed by atoms with E-state index >= 15 is 0 Å². The van der Waals surface area contributed by atoms with Crippen molar-refractivity contribution in [1.82, 2.24) is 5.32 Å². The summed E-state index contributed by atoms with van der Waals surface area (Å²) >= 11 is 9.32. The zero-order valence-corrected chi connectivity index (χ0v) is 14.6. The van der Waals surface area contributed by atoms with Crippen LogP contribution < -0.4 is 5.32 Å². The standard InChI is InChI=1S/C18H17BrClNO/c1-11(12-4-8-15(20)9-5-12)21-18(22)17-10-16(17)13-2-6-14(19)7-3-13/h2-9,11,16-17H,10H2,1H3,(H,21,22). The second kappa shape index (κ2) is 6.43. The van der Waals surface area contributed by atoms with E-state index in [0.29, 0.717) is 10.9 Å². The van der Waals surface area contributed by atoms with E-state index in [4.69, 9.17) is 11.6 Å². The Hall–Kier alpha value is -1.32. The molecule has 2 nitrogen and oxygen atoms in total. The number of amides is 1. The fourth-order valence-corrected chi connectivity index (χ4v) is 3.11. The Morgan fingerprint density at radius 1 is 1.18 bits per heavy atom. The van der Waals surface area contributed by atoms with Crippen LogP contribution in [0.4, 0.5) is 0 Å². The van der Waals surface area contributed by atoms with Gasteiger partial charge in [0.05, 0.1) is 6.04 Å². The van der Waals surface area contributed by atoms with Crippen molar-refractivity contribution in [3.8, 4) is 0 Å². The van der Waals surface area contributed by atoms with Crippen molar-refractivity contribution >= 4 is 33.4 Å². The number of benzene rings is 2. The van der Waals surface area contributed by atoms with E-state index < -0.39 is 0 Å². The Balaban J connectivity index is 1.59. The summed E-state index contributed by atoms with van der Waals surface area (Å²) in [7, 11) is 0. The summed E-state index contributed by atoms with van der Waals surface area (Å²) in [5.74, 6) is 0.580. The van der Waals surface area contributed by atoms with Crippen molar-refractivity contribution in [1.29, 1.82) is 0 Å². The summed E-state index contributed by atoms with van der Waals surface area (Å²) in [6, 6.07) is 15.8. The van der Waals surface area contributed by atoms with Gasteiger partial charge in [-0.25, -0.2) is 0 Å². The van der Waals surface area contributed by atoms with Crippen molar-refractivity contribution in [3.05, 3.63) is 69.2 Å². The molecule has 3 unspecified atom stereocenters. The first kappa shape index (κ1) is 15.6. The molecule has 0 saturated heterocycles. The average molecular weight is 379 g/mol. The Bertz CT molecular complexity index is 668. The lowest BCUT2D eigenvalue weighted by atomic mass is 10.1. The van der Waals surface area contributed by atoms with E-state index in [9.17, 15) is 4.79 Å². The van der Waals surface area contributed by atoms with Crippen LogP contribution in [0, 0.1) is 5.92 Å². The van der Waals surface area contributed by atoms with Gasteiger partial charge in [0, 0.05) is 15.4 Å². The fraction of sp³-hybridized carbons (Fsp3) is 0.278. The normalized spacial score (nSPS) is 21.2. The van der Waals surface area contributed by atoms with Gasteiger partial charge in [0.2, 0.25) is 5.91 Å². The molecule has 0 aliphatic heterocycles. The second-order valence-corrected chi connectivity index (χ2v) is 7.13. The van der Waals surface area contributed by atoms with E-state index in [2.05, 4.69) is 33.4 Å². The SMILES string of the molecule is CC(NC(=O)C1CC1c1ccc(Br)cc1)c1ccc(Cl)cc1. The highest BCUT2D eigenvalue weighted by Gasteiger charge is 2.44. The molecule has 1 saturated carbocycles. The molecule has 114 valence electrons. The third-order valence-electron chi connectivity index (χ3n) is 4.15. The van der Waals surface area contributed by atoms with Crippen molar-refractivity contribution in [2.45, 2.75) is 25.3 Å². The Kier molecular flexibility index (Phi) is 4.55. The lowest BCUT2D eigenvalue weighted by molar-refractivity contribution is -0.123. The first-order valence-corrected chi connectivity index (χ1v) is 8.53. The lowest BCUT2D eigenvalue weighted by Crippen LogP contribution is -2.28. The number of carbonyl (C=O) groups is 1. The summed E-state index contributed by atoms with van der Waals surface area (Å²) in [6.45, 7) is 2.00. The van der Waals surface area contributed by atoms with Gasteiger partial charge in [-0.3, -0.25) is 4.79 Å². The molecule has 2 aromatic carbocycles. The van der Waals surface area contributed by atoms with Crippen LogP contribution in [0.2, 0.25) is 5.02 Å². The molecule has 22 heavy (non-hydrogen) atoms. The molecule has 1 aliphatic carbocycles. The van der Waals surface area contributed by atoms with Gasteiger partial charge in [0.25, 0.3) is 0 Å². The maximum absolute atomic E-state index is 12.4. The first-order chi connectivity index (χ1) is 10.5. The maximum atomic E-state index is 12.4. The predicted molar refractivity (Wildman–Crippen MR) is 93.0 cm³/mol. The average Bonchev–Trinajstić information content (AvgIpc) is 3.29. The molecule has 1 fully saturated rings. The molecule has 3 rings (SSSR count). The van der Waals surface area contributed by atoms with Crippen LogP contribution in [-0.4, -0.2) is 5.91 Å². The van der Waals surface area contributed by atoms with Crippen LogP contribution in [0.1, 0.15) is 36.4 Å². The fourth-order valence-electron chi connectivity index (χ4n) is 2.72. The van der Waals surface area contributed by atoms with Gasteiger partial charge in [0.15, 0.2) is 0 Å². The highest BCUT2D eigenvalue weighted by Crippen LogP contribution is 2.47. The minimum Gasteiger partial charge on any atom is -0.349 e. The molecular formula is C18H17BrClNO. The molecule has 1 N–H and O–H groups in total. The number of nitrogens with one attached hydrogen (secondary N) is 1. The lowest BCUT2D eigenvalue weighted by Gasteiger charge is -2.14. The van der Waals surface area contributed by atoms with Crippen LogP contribution in [-0.2, 0) is 4.79 Å². The van der Waals surface area contributed by atoms with Gasteiger partial charge in [-0.2, -0.15) is 0 Å². The molecule has 0 bridgehead atoms. The largest absolute Gasteiger partial charge is 0.349 e. The van der Waals surface area contributed by atoms with Crippen molar-refractivity contribution in [3.63, 3.8) is 0 Å². The van der Waals surface area contributed by atoms with Gasteiger partial charge in [0.1, 0.15) is 0 Å². The zero-order valence-electron chi connectivity index (χ0n) is 12.2. The number of hydrogen-bond acceptors (Lipinski definition) is 1. The number of rotatable bonds is 4. The number of carbonyl (C=O) groups excluding carboxylic acids is 1. The minimum atomic E-state index is -0.00376. The number of hydrogen-bond donors (Lipinski definition) is 1. The van der Waals surface area contributed by atoms with Crippen LogP contribution >= 0.6 is 27.5 Å². The summed E-state index contributed by atoms with van der Waals surface area (Å²) < 4.78 is 1.06. The van der Waals surface area contributed by atoms with Gasteiger partial charge < -0.3 is 5.32 Å². The molecule has 0 aromatic heterocycles. The summed E-state index contributed by atoms with van der Waals surface area (Å²) in [5.41, 5.74) is 2.31. The quantitative estimate of drug-likeness (QED) is 0.789. The molecule has 3 atom stereocenters. The van der Waals surface area contributed by atoms with Crippen molar-refractivity contribution in [2.24, 2.45) is 5.92 Å². The van der Waals surface area contributed by atoms with E-state index in [1.807, 2.05) is 43.3 Å². The Labute approximate surface area is 144 Å². The van der Waals surface area contributed by atoms with Crippen LogP contribution in [0.3, 0.4) is 0 Å². The van der Waals surface area contributed by atoms with Gasteiger partial charge in [-0.05, 0) is 54.7 Å². The molecule has 0 spiro atoms. The smallest absolute Gasteiger partial charge is 0.224 e. The van der Waals surface area contributed by atoms with Gasteiger partial charge in [-0.15, -0.1) is 0 Å².